The number of hydrogen-bond donors (Lipinski definition) is 0. The second kappa shape index (κ2) is 5.22. The molecular formula is C9H12OS. The first-order valence-electron chi connectivity index (χ1n) is 3.78. The van der Waals surface area contributed by atoms with Crippen molar-refractivity contribution in [2.24, 2.45) is 0 Å². The molecule has 1 rings (SSSR count). The second-order valence-electron chi connectivity index (χ2n) is 2.22. The van der Waals surface area contributed by atoms with E-state index in [0.29, 0.717) is 0 Å². The van der Waals surface area contributed by atoms with Gasteiger partial charge >= 0.3 is 0 Å². The van der Waals surface area contributed by atoms with Crippen molar-refractivity contribution >= 4 is 12.0 Å². The van der Waals surface area contributed by atoms with Crippen LogP contribution in [0.25, 0.3) is 0 Å². The Morgan fingerprint density at radius 1 is 1.27 bits per heavy atom. The van der Waals surface area contributed by atoms with E-state index >= 15 is 0 Å². The zero-order valence-electron chi connectivity index (χ0n) is 6.62. The van der Waals surface area contributed by atoms with Gasteiger partial charge in [-0.2, -0.15) is 0 Å². The molecule has 1 aromatic carbocycles. The second-order valence-corrected chi connectivity index (χ2v) is 3.09. The van der Waals surface area contributed by atoms with Crippen LogP contribution in [-0.4, -0.2) is 6.61 Å². The summed E-state index contributed by atoms with van der Waals surface area (Å²) >= 11 is 1.44. The van der Waals surface area contributed by atoms with Gasteiger partial charge in [-0.3, -0.25) is 0 Å². The topological polar surface area (TPSA) is 9.23 Å². The molecule has 11 heavy (non-hydrogen) atoms. The van der Waals surface area contributed by atoms with E-state index in [4.69, 9.17) is 4.18 Å². The van der Waals surface area contributed by atoms with Crippen LogP contribution >= 0.6 is 12.0 Å². The van der Waals surface area contributed by atoms with Crippen LogP contribution < -0.4 is 0 Å². The summed E-state index contributed by atoms with van der Waals surface area (Å²) < 4.78 is 5.29. The Balaban J connectivity index is 2.28. The van der Waals surface area contributed by atoms with Crippen LogP contribution in [0.2, 0.25) is 0 Å². The van der Waals surface area contributed by atoms with E-state index < -0.39 is 0 Å². The van der Waals surface area contributed by atoms with Gasteiger partial charge in [-0.15, -0.1) is 0 Å². The Morgan fingerprint density at radius 3 is 2.64 bits per heavy atom. The molecule has 0 heterocycles. The Labute approximate surface area is 72.0 Å². The van der Waals surface area contributed by atoms with Crippen LogP contribution in [0.5, 0.6) is 0 Å². The molecule has 0 aliphatic heterocycles. The lowest BCUT2D eigenvalue weighted by atomic mass is 10.4. The van der Waals surface area contributed by atoms with Gasteiger partial charge in [-0.05, 0) is 18.6 Å². The van der Waals surface area contributed by atoms with E-state index in [1.165, 1.54) is 16.9 Å². The molecule has 0 aromatic heterocycles. The number of benzene rings is 1. The molecule has 0 atom stereocenters. The van der Waals surface area contributed by atoms with Gasteiger partial charge in [-0.1, -0.05) is 25.1 Å². The minimum atomic E-state index is 0.819. The first-order valence-corrected chi connectivity index (χ1v) is 4.52. The fraction of sp³-hybridized carbons (Fsp3) is 0.333. The van der Waals surface area contributed by atoms with Crippen molar-refractivity contribution in [2.45, 2.75) is 18.2 Å². The van der Waals surface area contributed by atoms with Crippen molar-refractivity contribution in [2.75, 3.05) is 6.61 Å². The third kappa shape index (κ3) is 3.44. The van der Waals surface area contributed by atoms with Crippen molar-refractivity contribution in [3.8, 4) is 0 Å². The standard InChI is InChI=1S/C9H12OS/c1-2-8-10-11-9-6-4-3-5-7-9/h3-7H,2,8H2,1H3. The van der Waals surface area contributed by atoms with Crippen LogP contribution in [0, 0.1) is 0 Å². The molecule has 1 aromatic rings. The molecule has 2 heteroatoms. The molecule has 0 saturated carbocycles. The maximum absolute atomic E-state index is 5.29. The van der Waals surface area contributed by atoms with Gasteiger partial charge in [0.1, 0.15) is 0 Å². The molecular weight excluding hydrogens is 156 g/mol. The molecule has 0 saturated heterocycles. The van der Waals surface area contributed by atoms with Gasteiger partial charge in [-0.25, -0.2) is 0 Å². The Bertz CT molecular complexity index is 186. The summed E-state index contributed by atoms with van der Waals surface area (Å²) in [6.07, 6.45) is 1.07. The minimum Gasteiger partial charge on any atom is -0.310 e. The fourth-order valence-corrected chi connectivity index (χ4v) is 1.32. The van der Waals surface area contributed by atoms with Gasteiger partial charge in [0, 0.05) is 16.9 Å². The van der Waals surface area contributed by atoms with Gasteiger partial charge in [0.2, 0.25) is 0 Å². The molecule has 0 spiro atoms. The Hall–Kier alpha value is -0.470. The highest BCUT2D eigenvalue weighted by molar-refractivity contribution is 7.94. The van der Waals surface area contributed by atoms with Gasteiger partial charge in [0.05, 0.1) is 6.61 Å². The summed E-state index contributed by atoms with van der Waals surface area (Å²) in [7, 11) is 0. The van der Waals surface area contributed by atoms with Gasteiger partial charge in [0.15, 0.2) is 0 Å². The third-order valence-electron chi connectivity index (χ3n) is 1.19. The van der Waals surface area contributed by atoms with E-state index in [1.54, 1.807) is 0 Å². The third-order valence-corrected chi connectivity index (χ3v) is 1.93. The molecule has 60 valence electrons. The Morgan fingerprint density at radius 2 is 2.00 bits per heavy atom. The summed E-state index contributed by atoms with van der Waals surface area (Å²) in [6.45, 7) is 2.92. The normalized spacial score (nSPS) is 9.91. The van der Waals surface area contributed by atoms with Crippen molar-refractivity contribution < 1.29 is 4.18 Å². The first kappa shape index (κ1) is 8.62. The van der Waals surface area contributed by atoms with Crippen molar-refractivity contribution in [1.82, 2.24) is 0 Å². The van der Waals surface area contributed by atoms with Crippen LogP contribution in [0.3, 0.4) is 0 Å². The molecule has 0 radical (unpaired) electrons. The summed E-state index contributed by atoms with van der Waals surface area (Å²) in [4.78, 5) is 1.17. The molecule has 0 aliphatic carbocycles. The zero-order chi connectivity index (χ0) is 7.94. The molecule has 1 nitrogen and oxygen atoms in total. The Kier molecular flexibility index (Phi) is 4.09. The molecule has 0 N–H and O–H groups in total. The predicted octanol–water partition coefficient (Wildman–Crippen LogP) is 3.12. The first-order chi connectivity index (χ1) is 5.43. The predicted molar refractivity (Wildman–Crippen MR) is 48.5 cm³/mol. The van der Waals surface area contributed by atoms with Crippen LogP contribution in [0.4, 0.5) is 0 Å². The van der Waals surface area contributed by atoms with E-state index in [-0.39, 0.29) is 0 Å². The maximum Gasteiger partial charge on any atom is 0.0615 e. The van der Waals surface area contributed by atoms with Crippen molar-refractivity contribution in [3.63, 3.8) is 0 Å². The number of hydrogen-bond acceptors (Lipinski definition) is 2. The maximum atomic E-state index is 5.29. The molecule has 0 fully saturated rings. The van der Waals surface area contributed by atoms with E-state index in [0.717, 1.165) is 13.0 Å². The van der Waals surface area contributed by atoms with Crippen molar-refractivity contribution in [1.29, 1.82) is 0 Å². The SMILES string of the molecule is CCCOSc1ccccc1. The summed E-state index contributed by atoms with van der Waals surface area (Å²) in [5, 5.41) is 0. The van der Waals surface area contributed by atoms with Crippen LogP contribution in [0.1, 0.15) is 13.3 Å². The fourth-order valence-electron chi connectivity index (χ4n) is 0.669. The zero-order valence-corrected chi connectivity index (χ0v) is 7.43. The summed E-state index contributed by atoms with van der Waals surface area (Å²) in [5.74, 6) is 0. The molecule has 0 unspecified atom stereocenters. The lowest BCUT2D eigenvalue weighted by molar-refractivity contribution is 0.373. The highest BCUT2D eigenvalue weighted by Gasteiger charge is 1.90. The van der Waals surface area contributed by atoms with Gasteiger partial charge in [0.25, 0.3) is 0 Å². The highest BCUT2D eigenvalue weighted by Crippen LogP contribution is 2.17. The van der Waals surface area contributed by atoms with E-state index in [2.05, 4.69) is 6.92 Å². The summed E-state index contributed by atoms with van der Waals surface area (Å²) in [6, 6.07) is 10.1. The van der Waals surface area contributed by atoms with Crippen LogP contribution in [0.15, 0.2) is 35.2 Å². The quantitative estimate of drug-likeness (QED) is 0.504. The average Bonchev–Trinajstić information content (AvgIpc) is 2.07. The molecule has 0 amide bonds. The van der Waals surface area contributed by atoms with Crippen molar-refractivity contribution in [3.05, 3.63) is 30.3 Å². The lowest BCUT2D eigenvalue weighted by Crippen LogP contribution is -1.81. The molecule has 0 aliphatic rings. The van der Waals surface area contributed by atoms with Gasteiger partial charge < -0.3 is 4.18 Å². The monoisotopic (exact) mass is 168 g/mol. The highest BCUT2D eigenvalue weighted by atomic mass is 32.2. The average molecular weight is 168 g/mol. The number of rotatable bonds is 4. The summed E-state index contributed by atoms with van der Waals surface area (Å²) in [5.41, 5.74) is 0. The largest absolute Gasteiger partial charge is 0.310 e. The lowest BCUT2D eigenvalue weighted by Gasteiger charge is -1.98. The molecule has 0 bridgehead atoms. The van der Waals surface area contributed by atoms with Crippen LogP contribution in [-0.2, 0) is 4.18 Å². The van der Waals surface area contributed by atoms with E-state index in [1.807, 2.05) is 30.3 Å². The minimum absolute atomic E-state index is 0.819. The van der Waals surface area contributed by atoms with E-state index in [9.17, 15) is 0 Å². The smallest absolute Gasteiger partial charge is 0.0615 e.